The summed E-state index contributed by atoms with van der Waals surface area (Å²) in [6, 6.07) is 15.0. The second-order valence-electron chi connectivity index (χ2n) is 6.88. The molecule has 0 unspecified atom stereocenters. The lowest BCUT2D eigenvalue weighted by Gasteiger charge is -2.19. The fourth-order valence-electron chi connectivity index (χ4n) is 3.04. The minimum Gasteiger partial charge on any atom is -0.486 e. The Morgan fingerprint density at radius 1 is 1.03 bits per heavy atom. The van der Waals surface area contributed by atoms with Gasteiger partial charge >= 0.3 is 0 Å². The Morgan fingerprint density at radius 2 is 1.88 bits per heavy atom. The maximum atomic E-state index is 12.8. The van der Waals surface area contributed by atoms with Crippen LogP contribution in [0.25, 0.3) is 0 Å². The van der Waals surface area contributed by atoms with Crippen LogP contribution in [0.4, 0.5) is 5.69 Å². The number of anilines is 1. The summed E-state index contributed by atoms with van der Waals surface area (Å²) in [6.07, 6.45) is 0. The number of ether oxygens (including phenoxy) is 2. The van der Waals surface area contributed by atoms with Gasteiger partial charge in [-0.15, -0.1) is 11.3 Å². The Labute approximate surface area is 195 Å². The van der Waals surface area contributed by atoms with Crippen LogP contribution in [0, 0.1) is 0 Å². The monoisotopic (exact) mass is 490 g/mol. The number of benzene rings is 2. The molecule has 0 saturated heterocycles. The van der Waals surface area contributed by atoms with Gasteiger partial charge in [0.2, 0.25) is 0 Å². The van der Waals surface area contributed by atoms with Gasteiger partial charge < -0.3 is 14.8 Å². The second-order valence-corrected chi connectivity index (χ2v) is 10.7. The average molecular weight is 491 g/mol. The highest BCUT2D eigenvalue weighted by Gasteiger charge is 2.20. The molecule has 3 aromatic rings. The van der Waals surface area contributed by atoms with Crippen molar-refractivity contribution in [1.82, 2.24) is 5.32 Å². The molecule has 1 amide bonds. The van der Waals surface area contributed by atoms with Gasteiger partial charge in [0.1, 0.15) is 13.2 Å². The maximum Gasteiger partial charge on any atom is 0.262 e. The molecule has 10 heteroatoms. The van der Waals surface area contributed by atoms with Crippen LogP contribution in [0.2, 0.25) is 0 Å². The number of carbonyl (C=O) groups is 1. The number of hydrogen-bond acceptors (Lipinski definition) is 7. The number of sulfonamides is 1. The maximum absolute atomic E-state index is 12.8. The van der Waals surface area contributed by atoms with E-state index >= 15 is 0 Å². The van der Waals surface area contributed by atoms with Crippen LogP contribution in [0.3, 0.4) is 0 Å². The van der Waals surface area contributed by atoms with Gasteiger partial charge in [-0.1, -0.05) is 12.1 Å². The summed E-state index contributed by atoms with van der Waals surface area (Å²) >= 11 is 3.47. The highest BCUT2D eigenvalue weighted by molar-refractivity contribution is 7.98. The van der Waals surface area contributed by atoms with E-state index in [1.54, 1.807) is 47.4 Å². The summed E-state index contributed by atoms with van der Waals surface area (Å²) in [5.74, 6) is 2.37. The van der Waals surface area contributed by atoms with Gasteiger partial charge in [-0.2, -0.15) is 11.8 Å². The number of nitrogens with one attached hydrogen (secondary N) is 2. The Balaban J connectivity index is 1.34. The third kappa shape index (κ3) is 5.76. The van der Waals surface area contributed by atoms with Crippen LogP contribution < -0.4 is 19.5 Å². The molecule has 0 bridgehead atoms. The smallest absolute Gasteiger partial charge is 0.262 e. The van der Waals surface area contributed by atoms with Gasteiger partial charge in [0.05, 0.1) is 4.90 Å². The number of fused-ring (bicyclic) bond motifs is 1. The Morgan fingerprint density at radius 3 is 2.69 bits per heavy atom. The predicted molar refractivity (Wildman–Crippen MR) is 127 cm³/mol. The van der Waals surface area contributed by atoms with Gasteiger partial charge in [-0.05, 0) is 41.8 Å². The molecule has 1 aliphatic heterocycles. The van der Waals surface area contributed by atoms with Crippen LogP contribution in [0.1, 0.15) is 15.2 Å². The zero-order valence-electron chi connectivity index (χ0n) is 17.1. The number of thiophene rings is 1. The van der Waals surface area contributed by atoms with Crippen LogP contribution in [-0.4, -0.2) is 39.8 Å². The van der Waals surface area contributed by atoms with Gasteiger partial charge in [0.25, 0.3) is 15.9 Å². The van der Waals surface area contributed by atoms with Crippen molar-refractivity contribution in [3.05, 3.63) is 70.4 Å². The number of rotatable bonds is 9. The highest BCUT2D eigenvalue weighted by atomic mass is 32.2. The molecule has 32 heavy (non-hydrogen) atoms. The van der Waals surface area contributed by atoms with Crippen molar-refractivity contribution in [2.75, 3.05) is 30.2 Å². The second kappa shape index (κ2) is 10.3. The zero-order chi connectivity index (χ0) is 22.4. The lowest BCUT2D eigenvalue weighted by Crippen LogP contribution is -2.26. The molecule has 0 aliphatic carbocycles. The molecule has 2 heterocycles. The quantitative estimate of drug-likeness (QED) is 0.441. The molecule has 2 aromatic carbocycles. The molecule has 1 aliphatic rings. The van der Waals surface area contributed by atoms with Crippen molar-refractivity contribution in [1.29, 1.82) is 0 Å². The van der Waals surface area contributed by atoms with Crippen molar-refractivity contribution < 1.29 is 22.7 Å². The minimum atomic E-state index is -3.85. The lowest BCUT2D eigenvalue weighted by molar-refractivity contribution is 0.0956. The minimum absolute atomic E-state index is 0.0550. The molecule has 0 spiro atoms. The van der Waals surface area contributed by atoms with Gasteiger partial charge in [-0.3, -0.25) is 9.52 Å². The van der Waals surface area contributed by atoms with Crippen LogP contribution in [0.15, 0.2) is 64.9 Å². The van der Waals surface area contributed by atoms with Crippen molar-refractivity contribution >= 4 is 44.7 Å². The fraction of sp³-hybridized carbons (Fsp3) is 0.227. The third-order valence-corrected chi connectivity index (χ3v) is 8.00. The van der Waals surface area contributed by atoms with Crippen LogP contribution in [0.5, 0.6) is 11.5 Å². The number of hydrogen-bond donors (Lipinski definition) is 2. The topological polar surface area (TPSA) is 93.7 Å². The molecule has 0 radical (unpaired) electrons. The van der Waals surface area contributed by atoms with Gasteiger partial charge in [-0.25, -0.2) is 8.42 Å². The van der Waals surface area contributed by atoms with E-state index in [1.807, 2.05) is 11.4 Å². The third-order valence-electron chi connectivity index (χ3n) is 4.56. The van der Waals surface area contributed by atoms with Gasteiger partial charge in [0.15, 0.2) is 11.5 Å². The number of amides is 1. The Bertz CT molecular complexity index is 1180. The van der Waals surface area contributed by atoms with E-state index in [1.165, 1.54) is 23.1 Å². The number of carbonyl (C=O) groups excluding carboxylic acids is 1. The summed E-state index contributed by atoms with van der Waals surface area (Å²) in [6.45, 7) is 1.33. The van der Waals surface area contributed by atoms with E-state index < -0.39 is 10.0 Å². The van der Waals surface area contributed by atoms with Crippen molar-refractivity contribution in [3.63, 3.8) is 0 Å². The Hall–Kier alpha value is -2.69. The largest absolute Gasteiger partial charge is 0.486 e. The van der Waals surface area contributed by atoms with Crippen LogP contribution in [-0.2, 0) is 15.8 Å². The first-order valence-corrected chi connectivity index (χ1v) is 13.4. The number of thioether (sulfide) groups is 1. The normalized spacial score (nSPS) is 12.9. The van der Waals surface area contributed by atoms with E-state index in [4.69, 9.17) is 9.47 Å². The summed E-state index contributed by atoms with van der Waals surface area (Å²) in [4.78, 5) is 13.8. The average Bonchev–Trinajstić information content (AvgIpc) is 3.32. The van der Waals surface area contributed by atoms with Crippen LogP contribution >= 0.6 is 23.1 Å². The summed E-state index contributed by atoms with van der Waals surface area (Å²) in [7, 11) is -3.85. The Kier molecular flexibility index (Phi) is 7.23. The SMILES string of the molecule is O=C(NCCSCc1cccs1)c1cccc(NS(=O)(=O)c2ccc3c(c2)OCCO3)c1. The molecule has 2 N–H and O–H groups in total. The first-order valence-electron chi connectivity index (χ1n) is 9.92. The van der Waals surface area contributed by atoms with E-state index in [9.17, 15) is 13.2 Å². The van der Waals surface area contributed by atoms with Crippen molar-refractivity contribution in [2.45, 2.75) is 10.6 Å². The predicted octanol–water partition coefficient (Wildman–Crippen LogP) is 3.98. The molecule has 0 atom stereocenters. The van der Waals surface area contributed by atoms with E-state index in [-0.39, 0.29) is 10.8 Å². The van der Waals surface area contributed by atoms with E-state index in [0.29, 0.717) is 42.5 Å². The highest BCUT2D eigenvalue weighted by Crippen LogP contribution is 2.32. The molecular formula is C22H22N2O5S3. The molecule has 168 valence electrons. The molecule has 4 rings (SSSR count). The first kappa shape index (κ1) is 22.5. The summed E-state index contributed by atoms with van der Waals surface area (Å²) < 4.78 is 39.0. The first-order chi connectivity index (χ1) is 15.5. The molecule has 0 saturated carbocycles. The fourth-order valence-corrected chi connectivity index (χ4v) is 5.80. The standard InChI is InChI=1S/C22H22N2O5S3/c25-22(23-8-12-30-15-18-5-2-11-31-18)16-3-1-4-17(13-16)24-32(26,27)19-6-7-20-21(14-19)29-10-9-28-20/h1-7,11,13-14,24H,8-10,12,15H2,(H,23,25). The van der Waals surface area contributed by atoms with E-state index in [0.717, 1.165) is 11.5 Å². The van der Waals surface area contributed by atoms with Gasteiger partial charge in [0, 0.05) is 40.2 Å². The van der Waals surface area contributed by atoms with Crippen molar-refractivity contribution in [2.24, 2.45) is 0 Å². The van der Waals surface area contributed by atoms with Crippen molar-refractivity contribution in [3.8, 4) is 11.5 Å². The summed E-state index contributed by atoms with van der Waals surface area (Å²) in [5.41, 5.74) is 0.690. The molecule has 0 fully saturated rings. The molecule has 7 nitrogen and oxygen atoms in total. The summed E-state index contributed by atoms with van der Waals surface area (Å²) in [5, 5.41) is 4.92. The van der Waals surface area contributed by atoms with E-state index in [2.05, 4.69) is 16.1 Å². The zero-order valence-corrected chi connectivity index (χ0v) is 19.5. The molecular weight excluding hydrogens is 468 g/mol. The molecule has 1 aromatic heterocycles. The lowest BCUT2D eigenvalue weighted by atomic mass is 10.2.